The molecular formula is C14H11Cl2FN4O3. The van der Waals surface area contributed by atoms with Gasteiger partial charge in [0.05, 0.1) is 17.8 Å². The highest BCUT2D eigenvalue weighted by Gasteiger charge is 2.12. The predicted molar refractivity (Wildman–Crippen MR) is 86.6 cm³/mol. The number of halogens is 3. The van der Waals surface area contributed by atoms with Crippen molar-refractivity contribution >= 4 is 40.7 Å². The lowest BCUT2D eigenvalue weighted by Crippen LogP contribution is -2.37. The van der Waals surface area contributed by atoms with E-state index in [0.717, 1.165) is 10.9 Å². The SMILES string of the molecule is O=C(Cn1ncc(Cl)c(Cl)c1=O)NCC(=O)Nc1ccc(F)cc1. The van der Waals surface area contributed by atoms with Crippen molar-refractivity contribution in [2.45, 2.75) is 6.54 Å². The summed E-state index contributed by atoms with van der Waals surface area (Å²) in [5.74, 6) is -1.55. The smallest absolute Gasteiger partial charge is 0.287 e. The maximum atomic E-state index is 12.7. The number of hydrogen-bond donors (Lipinski definition) is 2. The summed E-state index contributed by atoms with van der Waals surface area (Å²) in [5.41, 5.74) is -0.326. The van der Waals surface area contributed by atoms with Gasteiger partial charge in [0.15, 0.2) is 0 Å². The molecule has 0 atom stereocenters. The van der Waals surface area contributed by atoms with E-state index in [2.05, 4.69) is 15.7 Å². The molecule has 0 bridgehead atoms. The van der Waals surface area contributed by atoms with Crippen molar-refractivity contribution in [2.24, 2.45) is 0 Å². The molecule has 0 spiro atoms. The molecule has 126 valence electrons. The zero-order valence-corrected chi connectivity index (χ0v) is 13.6. The zero-order chi connectivity index (χ0) is 17.7. The number of hydrogen-bond acceptors (Lipinski definition) is 4. The lowest BCUT2D eigenvalue weighted by atomic mass is 10.3. The third-order valence-electron chi connectivity index (χ3n) is 2.81. The summed E-state index contributed by atoms with van der Waals surface area (Å²) in [7, 11) is 0. The Morgan fingerprint density at radius 2 is 1.83 bits per heavy atom. The van der Waals surface area contributed by atoms with E-state index < -0.39 is 29.7 Å². The van der Waals surface area contributed by atoms with E-state index in [1.165, 1.54) is 24.3 Å². The van der Waals surface area contributed by atoms with E-state index in [-0.39, 0.29) is 16.6 Å². The maximum Gasteiger partial charge on any atom is 0.287 e. The molecule has 1 aromatic carbocycles. The number of amides is 2. The van der Waals surface area contributed by atoms with Gasteiger partial charge in [-0.3, -0.25) is 14.4 Å². The topological polar surface area (TPSA) is 93.1 Å². The fourth-order valence-electron chi connectivity index (χ4n) is 1.67. The van der Waals surface area contributed by atoms with Gasteiger partial charge in [-0.25, -0.2) is 9.07 Å². The minimum absolute atomic E-state index is 0.0167. The lowest BCUT2D eigenvalue weighted by molar-refractivity contribution is -0.124. The Balaban J connectivity index is 1.87. The van der Waals surface area contributed by atoms with Crippen LogP contribution in [0, 0.1) is 5.82 Å². The molecule has 0 aliphatic heterocycles. The second-order valence-electron chi connectivity index (χ2n) is 4.60. The van der Waals surface area contributed by atoms with E-state index >= 15 is 0 Å². The Morgan fingerprint density at radius 1 is 1.17 bits per heavy atom. The molecule has 0 saturated heterocycles. The van der Waals surface area contributed by atoms with E-state index in [4.69, 9.17) is 23.2 Å². The number of nitrogens with one attached hydrogen (secondary N) is 2. The van der Waals surface area contributed by atoms with Crippen molar-refractivity contribution in [3.63, 3.8) is 0 Å². The molecule has 2 amide bonds. The third kappa shape index (κ3) is 4.77. The van der Waals surface area contributed by atoms with Crippen LogP contribution < -0.4 is 16.2 Å². The molecule has 10 heteroatoms. The van der Waals surface area contributed by atoms with Crippen molar-refractivity contribution in [1.29, 1.82) is 0 Å². The summed E-state index contributed by atoms with van der Waals surface area (Å²) in [5, 5.41) is 8.21. The van der Waals surface area contributed by atoms with Crippen LogP contribution in [0.1, 0.15) is 0 Å². The summed E-state index contributed by atoms with van der Waals surface area (Å²) >= 11 is 11.3. The molecule has 0 aliphatic carbocycles. The Morgan fingerprint density at radius 3 is 2.50 bits per heavy atom. The van der Waals surface area contributed by atoms with Gasteiger partial charge in [-0.2, -0.15) is 5.10 Å². The molecule has 0 unspecified atom stereocenters. The van der Waals surface area contributed by atoms with Crippen LogP contribution in [0.25, 0.3) is 0 Å². The average Bonchev–Trinajstić information content (AvgIpc) is 2.56. The lowest BCUT2D eigenvalue weighted by Gasteiger charge is -2.08. The Bertz CT molecular complexity index is 824. The van der Waals surface area contributed by atoms with Crippen LogP contribution in [-0.4, -0.2) is 28.1 Å². The van der Waals surface area contributed by atoms with Crippen molar-refractivity contribution < 1.29 is 14.0 Å². The molecule has 1 aromatic heterocycles. The van der Waals surface area contributed by atoms with Crippen LogP contribution in [0.4, 0.5) is 10.1 Å². The number of aromatic nitrogens is 2. The number of benzene rings is 1. The first-order valence-corrected chi connectivity index (χ1v) is 7.35. The van der Waals surface area contributed by atoms with Crippen molar-refractivity contribution in [3.05, 3.63) is 56.7 Å². The zero-order valence-electron chi connectivity index (χ0n) is 12.1. The molecule has 7 nitrogen and oxygen atoms in total. The first kappa shape index (κ1) is 17.9. The third-order valence-corrected chi connectivity index (χ3v) is 3.56. The molecule has 1 heterocycles. The highest BCUT2D eigenvalue weighted by molar-refractivity contribution is 6.41. The normalized spacial score (nSPS) is 10.3. The molecule has 2 rings (SSSR count). The van der Waals surface area contributed by atoms with Crippen LogP contribution in [-0.2, 0) is 16.1 Å². The van der Waals surface area contributed by atoms with Crippen LogP contribution in [0.15, 0.2) is 35.3 Å². The number of rotatable bonds is 5. The molecule has 2 N–H and O–H groups in total. The van der Waals surface area contributed by atoms with E-state index in [0.29, 0.717) is 5.69 Å². The molecule has 24 heavy (non-hydrogen) atoms. The van der Waals surface area contributed by atoms with Gasteiger partial charge in [0.2, 0.25) is 11.8 Å². The summed E-state index contributed by atoms with van der Waals surface area (Å²) in [6.45, 7) is -0.744. The summed E-state index contributed by atoms with van der Waals surface area (Å²) in [6, 6.07) is 5.15. The first-order chi connectivity index (χ1) is 11.4. The Labute approximate surface area is 145 Å². The van der Waals surface area contributed by atoms with E-state index in [1.54, 1.807) is 0 Å². The quantitative estimate of drug-likeness (QED) is 0.830. The average molecular weight is 373 g/mol. The minimum Gasteiger partial charge on any atom is -0.345 e. The molecule has 0 radical (unpaired) electrons. The van der Waals surface area contributed by atoms with Crippen LogP contribution in [0.2, 0.25) is 10.0 Å². The summed E-state index contributed by atoms with van der Waals surface area (Å²) in [4.78, 5) is 35.1. The van der Waals surface area contributed by atoms with Gasteiger partial charge >= 0.3 is 0 Å². The molecule has 2 aromatic rings. The van der Waals surface area contributed by atoms with Crippen molar-refractivity contribution in [3.8, 4) is 0 Å². The van der Waals surface area contributed by atoms with Crippen LogP contribution in [0.5, 0.6) is 0 Å². The molecule has 0 aliphatic rings. The predicted octanol–water partition coefficient (Wildman–Crippen LogP) is 1.44. The van der Waals surface area contributed by atoms with E-state index in [9.17, 15) is 18.8 Å². The summed E-state index contributed by atoms with van der Waals surface area (Å²) < 4.78 is 13.6. The second-order valence-corrected chi connectivity index (χ2v) is 5.39. The number of nitrogens with zero attached hydrogens (tertiary/aromatic N) is 2. The number of carbonyl (C=O) groups is 2. The Hall–Kier alpha value is -2.45. The van der Waals surface area contributed by atoms with Gasteiger partial charge in [-0.05, 0) is 24.3 Å². The minimum atomic E-state index is -0.713. The highest BCUT2D eigenvalue weighted by atomic mass is 35.5. The van der Waals surface area contributed by atoms with Crippen molar-refractivity contribution in [2.75, 3.05) is 11.9 Å². The van der Waals surface area contributed by atoms with E-state index in [1.807, 2.05) is 0 Å². The van der Waals surface area contributed by atoms with Gasteiger partial charge in [0.1, 0.15) is 17.4 Å². The fraction of sp³-hybridized carbons (Fsp3) is 0.143. The van der Waals surface area contributed by atoms with Gasteiger partial charge < -0.3 is 10.6 Å². The fourth-order valence-corrected chi connectivity index (χ4v) is 1.94. The largest absolute Gasteiger partial charge is 0.345 e. The molecule has 0 fully saturated rings. The van der Waals surface area contributed by atoms with Crippen LogP contribution >= 0.6 is 23.2 Å². The Kier molecular flexibility index (Phi) is 5.88. The maximum absolute atomic E-state index is 12.7. The standard InChI is InChI=1S/C14H11Cl2FN4O3/c15-10-5-19-21(14(24)13(10)16)7-12(23)18-6-11(22)20-9-3-1-8(17)2-4-9/h1-5H,6-7H2,(H,18,23)(H,20,22). The number of carbonyl (C=O) groups excluding carboxylic acids is 2. The van der Waals surface area contributed by atoms with Gasteiger partial charge in [-0.15, -0.1) is 0 Å². The number of anilines is 1. The van der Waals surface area contributed by atoms with Gasteiger partial charge in [0, 0.05) is 5.69 Å². The van der Waals surface area contributed by atoms with Crippen molar-refractivity contribution in [1.82, 2.24) is 15.1 Å². The highest BCUT2D eigenvalue weighted by Crippen LogP contribution is 2.14. The molecule has 0 saturated carbocycles. The van der Waals surface area contributed by atoms with Crippen LogP contribution in [0.3, 0.4) is 0 Å². The monoisotopic (exact) mass is 372 g/mol. The van der Waals surface area contributed by atoms with Gasteiger partial charge in [0.25, 0.3) is 5.56 Å². The summed E-state index contributed by atoms with van der Waals surface area (Å²) in [6.07, 6.45) is 1.14. The molecular weight excluding hydrogens is 362 g/mol. The second kappa shape index (κ2) is 7.89. The first-order valence-electron chi connectivity index (χ1n) is 6.60. The van der Waals surface area contributed by atoms with Gasteiger partial charge in [-0.1, -0.05) is 23.2 Å².